The van der Waals surface area contributed by atoms with Crippen molar-refractivity contribution in [1.29, 1.82) is 0 Å². The van der Waals surface area contributed by atoms with Crippen LogP contribution >= 0.6 is 0 Å². The summed E-state index contributed by atoms with van der Waals surface area (Å²) in [6.45, 7) is 10.7. The lowest BCUT2D eigenvalue weighted by atomic mass is 9.89. The van der Waals surface area contributed by atoms with Crippen molar-refractivity contribution in [2.45, 2.75) is 59.9 Å². The number of likely N-dealkylation sites (tertiary alicyclic amines) is 1. The highest BCUT2D eigenvalue weighted by atomic mass is 16.2. The Labute approximate surface area is 162 Å². The number of piperidine rings is 1. The fourth-order valence-electron chi connectivity index (χ4n) is 3.75. The minimum atomic E-state index is -0.320. The summed E-state index contributed by atoms with van der Waals surface area (Å²) < 4.78 is 1.98. The molecule has 2 aromatic heterocycles. The predicted octanol–water partition coefficient (Wildman–Crippen LogP) is 3.58. The van der Waals surface area contributed by atoms with Gasteiger partial charge in [-0.2, -0.15) is 5.10 Å². The molecule has 0 spiro atoms. The molecular formula is C21H31N5O. The minimum absolute atomic E-state index is 0.246. The van der Waals surface area contributed by atoms with E-state index in [1.807, 2.05) is 55.0 Å². The van der Waals surface area contributed by atoms with E-state index in [0.29, 0.717) is 5.92 Å². The number of aryl methyl sites for hydroxylation is 1. The van der Waals surface area contributed by atoms with Crippen LogP contribution < -0.4 is 0 Å². The standard InChI is InChI=1S/C21H31N5O/c1-5-10-26-19(8-9-23-26)18-14-22-13-17(24-18)12-16-7-6-11-25(15-16)20(27)21(2,3)4/h8-9,13-14,16H,5-7,10-12,15H2,1-4H3/t16-/m0/s1. The molecule has 0 radical (unpaired) electrons. The minimum Gasteiger partial charge on any atom is -0.342 e. The summed E-state index contributed by atoms with van der Waals surface area (Å²) in [5.74, 6) is 0.686. The zero-order valence-corrected chi connectivity index (χ0v) is 17.0. The molecule has 1 fully saturated rings. The van der Waals surface area contributed by atoms with E-state index in [9.17, 15) is 4.79 Å². The van der Waals surface area contributed by atoms with Gasteiger partial charge in [-0.05, 0) is 37.7 Å². The van der Waals surface area contributed by atoms with E-state index in [2.05, 4.69) is 17.0 Å². The molecule has 1 aliphatic rings. The van der Waals surface area contributed by atoms with Crippen molar-refractivity contribution in [3.63, 3.8) is 0 Å². The summed E-state index contributed by atoms with van der Waals surface area (Å²) in [5, 5.41) is 4.38. The molecule has 0 bridgehead atoms. The third-order valence-corrected chi connectivity index (χ3v) is 5.04. The monoisotopic (exact) mass is 369 g/mol. The Morgan fingerprint density at radius 2 is 2.11 bits per heavy atom. The third-order valence-electron chi connectivity index (χ3n) is 5.04. The molecule has 3 rings (SSSR count). The Hall–Kier alpha value is -2.24. The summed E-state index contributed by atoms with van der Waals surface area (Å²) in [5.41, 5.74) is 2.56. The van der Waals surface area contributed by atoms with Gasteiger partial charge >= 0.3 is 0 Å². The lowest BCUT2D eigenvalue weighted by molar-refractivity contribution is -0.141. The van der Waals surface area contributed by atoms with Gasteiger partial charge in [-0.25, -0.2) is 4.98 Å². The Morgan fingerprint density at radius 1 is 1.30 bits per heavy atom. The molecule has 0 aliphatic carbocycles. The van der Waals surface area contributed by atoms with Gasteiger partial charge in [-0.15, -0.1) is 0 Å². The number of aromatic nitrogens is 4. The van der Waals surface area contributed by atoms with Crippen LogP contribution in [0.2, 0.25) is 0 Å². The second-order valence-electron chi connectivity index (χ2n) is 8.55. The van der Waals surface area contributed by atoms with Gasteiger partial charge in [-0.3, -0.25) is 14.5 Å². The molecule has 0 aromatic carbocycles. The van der Waals surface area contributed by atoms with Gasteiger partial charge in [0.05, 0.1) is 17.6 Å². The molecule has 2 aromatic rings. The number of carbonyl (C=O) groups excluding carboxylic acids is 1. The second kappa shape index (κ2) is 8.19. The molecule has 3 heterocycles. The topological polar surface area (TPSA) is 63.9 Å². The third kappa shape index (κ3) is 4.73. The van der Waals surface area contributed by atoms with Crippen LogP contribution in [0, 0.1) is 11.3 Å². The van der Waals surface area contributed by atoms with E-state index < -0.39 is 0 Å². The molecule has 1 atom stereocenters. The predicted molar refractivity (Wildman–Crippen MR) is 106 cm³/mol. The maximum Gasteiger partial charge on any atom is 0.227 e. The normalized spacial score (nSPS) is 17.9. The first-order chi connectivity index (χ1) is 12.9. The van der Waals surface area contributed by atoms with Crippen molar-refractivity contribution in [3.8, 4) is 11.4 Å². The van der Waals surface area contributed by atoms with Gasteiger partial charge in [-0.1, -0.05) is 27.7 Å². The van der Waals surface area contributed by atoms with Gasteiger partial charge in [0.2, 0.25) is 5.91 Å². The Morgan fingerprint density at radius 3 is 2.85 bits per heavy atom. The summed E-state index contributed by atoms with van der Waals surface area (Å²) in [6.07, 6.45) is 9.56. The summed E-state index contributed by atoms with van der Waals surface area (Å²) in [6, 6.07) is 1.99. The lowest BCUT2D eigenvalue weighted by Gasteiger charge is -2.36. The van der Waals surface area contributed by atoms with Crippen LogP contribution in [-0.2, 0) is 17.8 Å². The number of amides is 1. The number of nitrogens with zero attached hydrogens (tertiary/aromatic N) is 5. The van der Waals surface area contributed by atoms with Gasteiger partial charge in [0.25, 0.3) is 0 Å². The maximum absolute atomic E-state index is 12.6. The largest absolute Gasteiger partial charge is 0.342 e. The Kier molecular flexibility index (Phi) is 5.92. The van der Waals surface area contributed by atoms with Gasteiger partial charge < -0.3 is 4.90 Å². The number of carbonyl (C=O) groups is 1. The molecule has 0 unspecified atom stereocenters. The summed E-state index contributed by atoms with van der Waals surface area (Å²) in [4.78, 5) is 23.9. The van der Waals surface area contributed by atoms with Crippen molar-refractivity contribution in [1.82, 2.24) is 24.6 Å². The highest BCUT2D eigenvalue weighted by Crippen LogP contribution is 2.25. The van der Waals surface area contributed by atoms with E-state index in [4.69, 9.17) is 4.98 Å². The fraction of sp³-hybridized carbons (Fsp3) is 0.619. The molecule has 0 saturated carbocycles. The van der Waals surface area contributed by atoms with Gasteiger partial charge in [0, 0.05) is 37.4 Å². The van der Waals surface area contributed by atoms with Crippen molar-refractivity contribution in [2.75, 3.05) is 13.1 Å². The number of hydrogen-bond acceptors (Lipinski definition) is 4. The number of hydrogen-bond donors (Lipinski definition) is 0. The molecule has 0 N–H and O–H groups in total. The molecule has 1 saturated heterocycles. The fourth-order valence-corrected chi connectivity index (χ4v) is 3.75. The molecule has 1 aliphatic heterocycles. The first-order valence-electron chi connectivity index (χ1n) is 10.0. The first kappa shape index (κ1) is 19.5. The summed E-state index contributed by atoms with van der Waals surface area (Å²) in [7, 11) is 0. The van der Waals surface area contributed by atoms with E-state index >= 15 is 0 Å². The quantitative estimate of drug-likeness (QED) is 0.808. The zero-order chi connectivity index (χ0) is 19.4. The first-order valence-corrected chi connectivity index (χ1v) is 10.0. The SMILES string of the molecule is CCCn1nccc1-c1cncc(C[C@@H]2CCCN(C(=O)C(C)(C)C)C2)n1. The molecule has 27 heavy (non-hydrogen) atoms. The van der Waals surface area contributed by atoms with Gasteiger partial charge in [0.15, 0.2) is 0 Å². The maximum atomic E-state index is 12.6. The van der Waals surface area contributed by atoms with Crippen LogP contribution in [0.3, 0.4) is 0 Å². The number of rotatable bonds is 5. The van der Waals surface area contributed by atoms with E-state index in [-0.39, 0.29) is 11.3 Å². The van der Waals surface area contributed by atoms with E-state index in [1.54, 1.807) is 0 Å². The van der Waals surface area contributed by atoms with Crippen LogP contribution in [0.25, 0.3) is 11.4 Å². The molecule has 6 heteroatoms. The molecule has 1 amide bonds. The average Bonchev–Trinajstić information content (AvgIpc) is 3.09. The Balaban J connectivity index is 1.71. The van der Waals surface area contributed by atoms with E-state index in [0.717, 1.165) is 62.4 Å². The molecular weight excluding hydrogens is 338 g/mol. The lowest BCUT2D eigenvalue weighted by Crippen LogP contribution is -2.45. The Bertz CT molecular complexity index is 777. The van der Waals surface area contributed by atoms with Crippen LogP contribution in [0.4, 0.5) is 0 Å². The van der Waals surface area contributed by atoms with Crippen LogP contribution in [-0.4, -0.2) is 43.6 Å². The van der Waals surface area contributed by atoms with Crippen LogP contribution in [0.5, 0.6) is 0 Å². The highest BCUT2D eigenvalue weighted by molar-refractivity contribution is 5.81. The van der Waals surface area contributed by atoms with Crippen molar-refractivity contribution >= 4 is 5.91 Å². The highest BCUT2D eigenvalue weighted by Gasteiger charge is 2.31. The van der Waals surface area contributed by atoms with Crippen LogP contribution in [0.1, 0.15) is 52.7 Å². The van der Waals surface area contributed by atoms with Crippen molar-refractivity contribution in [2.24, 2.45) is 11.3 Å². The van der Waals surface area contributed by atoms with Crippen LogP contribution in [0.15, 0.2) is 24.7 Å². The van der Waals surface area contributed by atoms with Crippen molar-refractivity contribution < 1.29 is 4.79 Å². The zero-order valence-electron chi connectivity index (χ0n) is 17.0. The van der Waals surface area contributed by atoms with Crippen molar-refractivity contribution in [3.05, 3.63) is 30.4 Å². The molecule has 146 valence electrons. The van der Waals surface area contributed by atoms with E-state index in [1.165, 1.54) is 0 Å². The molecule has 6 nitrogen and oxygen atoms in total. The average molecular weight is 370 g/mol. The summed E-state index contributed by atoms with van der Waals surface area (Å²) >= 11 is 0. The van der Waals surface area contributed by atoms with Gasteiger partial charge in [0.1, 0.15) is 5.69 Å². The second-order valence-corrected chi connectivity index (χ2v) is 8.55. The smallest absolute Gasteiger partial charge is 0.227 e.